The van der Waals surface area contributed by atoms with Gasteiger partial charge in [0.15, 0.2) is 0 Å². The molecule has 0 saturated carbocycles. The third kappa shape index (κ3) is 4.01. The predicted molar refractivity (Wildman–Crippen MR) is 72.8 cm³/mol. The van der Waals surface area contributed by atoms with E-state index in [1.807, 2.05) is 12.1 Å². The molecule has 2 heteroatoms. The van der Waals surface area contributed by atoms with Crippen LogP contribution in [-0.4, -0.2) is 26.7 Å². The number of rotatable bonds is 5. The minimum atomic E-state index is 0.268. The van der Waals surface area contributed by atoms with Crippen LogP contribution in [0.5, 0.6) is 0 Å². The molecule has 1 nitrogen and oxygen atoms in total. The molecule has 88 valence electrons. The zero-order valence-corrected chi connectivity index (χ0v) is 11.3. The Bertz CT molecular complexity index is 386. The summed E-state index contributed by atoms with van der Waals surface area (Å²) < 4.78 is 1.36. The van der Waals surface area contributed by atoms with Crippen LogP contribution in [0.15, 0.2) is 60.7 Å². The molecule has 0 radical (unpaired) electrons. The van der Waals surface area contributed by atoms with Crippen molar-refractivity contribution in [1.29, 1.82) is 0 Å². The van der Waals surface area contributed by atoms with Gasteiger partial charge in [-0.1, -0.05) is 0 Å². The van der Waals surface area contributed by atoms with E-state index in [0.29, 0.717) is 19.8 Å². The van der Waals surface area contributed by atoms with Crippen LogP contribution in [0.3, 0.4) is 0 Å². The van der Waals surface area contributed by atoms with Gasteiger partial charge in [-0.3, -0.25) is 0 Å². The van der Waals surface area contributed by atoms with E-state index >= 15 is 0 Å². The molecule has 0 aromatic heterocycles. The summed E-state index contributed by atoms with van der Waals surface area (Å²) in [6.45, 7) is 0.268. The Morgan fingerprint density at radius 3 is 2.06 bits per heavy atom. The van der Waals surface area contributed by atoms with Crippen molar-refractivity contribution in [3.05, 3.63) is 66.2 Å². The molecule has 0 unspecified atom stereocenters. The average Bonchev–Trinajstić information content (AvgIpc) is 2.40. The van der Waals surface area contributed by atoms with E-state index in [9.17, 15) is 5.11 Å². The zero-order chi connectivity index (χ0) is 11.9. The van der Waals surface area contributed by atoms with Gasteiger partial charge in [-0.2, -0.15) is 0 Å². The van der Waals surface area contributed by atoms with Crippen LogP contribution in [0.25, 0.3) is 0 Å². The maximum absolute atomic E-state index is 9.46. The van der Waals surface area contributed by atoms with Gasteiger partial charge in [0.1, 0.15) is 0 Å². The molecule has 2 rings (SSSR count). The van der Waals surface area contributed by atoms with Gasteiger partial charge < -0.3 is 0 Å². The van der Waals surface area contributed by atoms with Crippen LogP contribution in [-0.2, 0) is 6.42 Å². The van der Waals surface area contributed by atoms with Gasteiger partial charge in [-0.25, -0.2) is 0 Å². The Kier molecular flexibility index (Phi) is 4.81. The third-order valence-corrected chi connectivity index (χ3v) is 5.06. The van der Waals surface area contributed by atoms with Gasteiger partial charge >= 0.3 is 109 Å². The third-order valence-electron chi connectivity index (χ3n) is 2.56. The molecule has 0 aliphatic heterocycles. The molecule has 0 aliphatic rings. The van der Waals surface area contributed by atoms with E-state index in [0.717, 1.165) is 6.42 Å². The summed E-state index contributed by atoms with van der Waals surface area (Å²) in [7, 11) is 0. The molecule has 0 bridgehead atoms. The average molecular weight is 291 g/mol. The minimum absolute atomic E-state index is 0.268. The molecule has 0 amide bonds. The molecular formula is C15H16OSe. The van der Waals surface area contributed by atoms with E-state index in [1.54, 1.807) is 0 Å². The second kappa shape index (κ2) is 6.61. The van der Waals surface area contributed by atoms with Gasteiger partial charge in [0.25, 0.3) is 0 Å². The maximum atomic E-state index is 9.46. The van der Waals surface area contributed by atoms with Gasteiger partial charge in [-0.15, -0.1) is 0 Å². The first-order valence-corrected chi connectivity index (χ1v) is 7.59. The van der Waals surface area contributed by atoms with Crippen LogP contribution in [0.2, 0.25) is 4.82 Å². The van der Waals surface area contributed by atoms with Crippen molar-refractivity contribution in [2.24, 2.45) is 0 Å². The molecule has 0 heterocycles. The Labute approximate surface area is 109 Å². The Morgan fingerprint density at radius 1 is 0.882 bits per heavy atom. The summed E-state index contributed by atoms with van der Waals surface area (Å²) in [5.41, 5.74) is 1.31. The van der Waals surface area contributed by atoms with Crippen molar-refractivity contribution in [1.82, 2.24) is 0 Å². The molecule has 0 saturated heterocycles. The summed E-state index contributed by atoms with van der Waals surface area (Å²) in [6.07, 6.45) is 0.965. The first-order valence-electron chi connectivity index (χ1n) is 5.75. The number of hydrogen-bond acceptors (Lipinski definition) is 1. The van der Waals surface area contributed by atoms with Gasteiger partial charge in [0.2, 0.25) is 0 Å². The van der Waals surface area contributed by atoms with Crippen LogP contribution in [0.4, 0.5) is 0 Å². The van der Waals surface area contributed by atoms with Crippen molar-refractivity contribution < 1.29 is 5.11 Å². The molecular weight excluding hydrogens is 275 g/mol. The summed E-state index contributed by atoms with van der Waals surface area (Å²) in [5, 5.41) is 9.46. The van der Waals surface area contributed by atoms with Crippen LogP contribution >= 0.6 is 0 Å². The topological polar surface area (TPSA) is 20.2 Å². The number of benzene rings is 2. The van der Waals surface area contributed by atoms with E-state index in [2.05, 4.69) is 48.5 Å². The predicted octanol–water partition coefficient (Wildman–Crippen LogP) is 2.04. The van der Waals surface area contributed by atoms with Gasteiger partial charge in [-0.05, 0) is 0 Å². The number of aliphatic hydroxyl groups excluding tert-OH is 1. The van der Waals surface area contributed by atoms with E-state index in [4.69, 9.17) is 0 Å². The fourth-order valence-electron chi connectivity index (χ4n) is 1.71. The second-order valence-corrected chi connectivity index (χ2v) is 6.81. The van der Waals surface area contributed by atoms with E-state index in [1.165, 1.54) is 10.0 Å². The summed E-state index contributed by atoms with van der Waals surface area (Å²) in [4.78, 5) is 0.368. The second-order valence-electron chi connectivity index (χ2n) is 3.93. The molecule has 0 spiro atoms. The van der Waals surface area contributed by atoms with Crippen molar-refractivity contribution in [2.45, 2.75) is 11.2 Å². The van der Waals surface area contributed by atoms with Crippen molar-refractivity contribution in [2.75, 3.05) is 6.61 Å². The molecule has 2 aromatic carbocycles. The standard InChI is InChI=1S/C15H16OSe/c16-12-15(11-13-7-3-1-4-8-13)17-14-9-5-2-6-10-14/h1-10,15-16H,11-12H2/t15-/m0/s1. The number of hydrogen-bond donors (Lipinski definition) is 1. The number of aliphatic hydroxyl groups is 1. The summed E-state index contributed by atoms with van der Waals surface area (Å²) in [5.74, 6) is 0. The summed E-state index contributed by atoms with van der Waals surface area (Å²) in [6, 6.07) is 20.8. The summed E-state index contributed by atoms with van der Waals surface area (Å²) >= 11 is 0.339. The quantitative estimate of drug-likeness (QED) is 0.836. The molecule has 1 N–H and O–H groups in total. The Morgan fingerprint density at radius 2 is 1.47 bits per heavy atom. The molecule has 1 atom stereocenters. The zero-order valence-electron chi connectivity index (χ0n) is 9.62. The van der Waals surface area contributed by atoms with Crippen molar-refractivity contribution >= 4 is 19.4 Å². The van der Waals surface area contributed by atoms with Gasteiger partial charge in [0, 0.05) is 0 Å². The molecule has 0 fully saturated rings. The SMILES string of the molecule is OC[C@H](Cc1ccccc1)[Se]c1ccccc1. The fourth-order valence-corrected chi connectivity index (χ4v) is 3.91. The van der Waals surface area contributed by atoms with E-state index in [-0.39, 0.29) is 6.61 Å². The molecule has 17 heavy (non-hydrogen) atoms. The fraction of sp³-hybridized carbons (Fsp3) is 0.200. The Balaban J connectivity index is 1.98. The van der Waals surface area contributed by atoms with Gasteiger partial charge in [0.05, 0.1) is 0 Å². The first kappa shape index (κ1) is 12.4. The monoisotopic (exact) mass is 292 g/mol. The van der Waals surface area contributed by atoms with Crippen molar-refractivity contribution in [3.8, 4) is 0 Å². The van der Waals surface area contributed by atoms with Crippen LogP contribution in [0.1, 0.15) is 5.56 Å². The molecule has 2 aromatic rings. The van der Waals surface area contributed by atoms with Crippen LogP contribution in [0, 0.1) is 0 Å². The normalized spacial score (nSPS) is 12.3. The van der Waals surface area contributed by atoms with Crippen molar-refractivity contribution in [3.63, 3.8) is 0 Å². The molecule has 0 aliphatic carbocycles. The Hall–Kier alpha value is -1.08. The van der Waals surface area contributed by atoms with E-state index < -0.39 is 0 Å². The van der Waals surface area contributed by atoms with Crippen LogP contribution < -0.4 is 4.46 Å². The first-order chi connectivity index (χ1) is 8.38.